The van der Waals surface area contributed by atoms with Crippen LogP contribution in [0.4, 0.5) is 35.1 Å². The van der Waals surface area contributed by atoms with Gasteiger partial charge in [0, 0.05) is 30.9 Å². The van der Waals surface area contributed by atoms with Crippen LogP contribution in [0.2, 0.25) is 5.02 Å². The monoisotopic (exact) mass is 462 g/mol. The molecule has 1 aliphatic heterocycles. The average Bonchev–Trinajstić information content (AvgIpc) is 2.69. The molecule has 0 amide bonds. The van der Waals surface area contributed by atoms with Gasteiger partial charge in [0.2, 0.25) is 11.9 Å². The third kappa shape index (κ3) is 7.06. The van der Waals surface area contributed by atoms with Crippen LogP contribution < -0.4 is 15.4 Å². The van der Waals surface area contributed by atoms with Crippen molar-refractivity contribution in [3.63, 3.8) is 0 Å². The van der Waals surface area contributed by atoms with Crippen molar-refractivity contribution in [2.75, 3.05) is 30.3 Å². The van der Waals surface area contributed by atoms with Crippen LogP contribution in [0.5, 0.6) is 6.01 Å². The topological polar surface area (TPSA) is 75.2 Å². The number of nitrogens with zero attached hydrogens (tertiary/aromatic N) is 4. The van der Waals surface area contributed by atoms with Crippen LogP contribution in [0.25, 0.3) is 0 Å². The van der Waals surface area contributed by atoms with Gasteiger partial charge in [0.25, 0.3) is 0 Å². The van der Waals surface area contributed by atoms with Gasteiger partial charge < -0.3 is 20.3 Å². The average molecular weight is 463 g/mol. The van der Waals surface area contributed by atoms with Crippen molar-refractivity contribution in [3.05, 3.63) is 29.0 Å². The van der Waals surface area contributed by atoms with E-state index in [2.05, 4.69) is 44.3 Å². The Labute approximate surface area is 182 Å². The highest BCUT2D eigenvalue weighted by Gasteiger charge is 2.29. The quantitative estimate of drug-likeness (QED) is 0.581. The Hall–Kier alpha value is -2.40. The SMILES string of the molecule is CC(C)N1CCC(Nc2nc(Nc3ccc(F)c(Cl)c3)nc(OCC(F)(F)F)n2)CC1. The minimum Gasteiger partial charge on any atom is -0.454 e. The summed E-state index contributed by atoms with van der Waals surface area (Å²) in [6.07, 6.45) is -2.88. The minimum absolute atomic E-state index is 0.0565. The zero-order chi connectivity index (χ0) is 22.6. The Kier molecular flexibility index (Phi) is 7.37. The number of rotatable bonds is 7. The van der Waals surface area contributed by atoms with Crippen molar-refractivity contribution in [1.82, 2.24) is 19.9 Å². The normalized spacial score (nSPS) is 15.9. The van der Waals surface area contributed by atoms with E-state index in [1.165, 1.54) is 12.1 Å². The van der Waals surface area contributed by atoms with E-state index in [-0.39, 0.29) is 23.0 Å². The first kappa shape index (κ1) is 23.3. The fourth-order valence-electron chi connectivity index (χ4n) is 3.13. The molecule has 31 heavy (non-hydrogen) atoms. The standard InChI is InChI=1S/C19H23ClF4N6O/c1-11(2)30-7-5-12(6-8-30)25-16-27-17(26-13-3-4-15(21)14(20)9-13)29-18(28-16)31-10-19(22,23)24/h3-4,9,11-12H,5-8,10H2,1-2H3,(H2,25,26,27,28,29). The third-order valence-corrected chi connectivity index (χ3v) is 5.04. The van der Waals surface area contributed by atoms with Crippen molar-refractivity contribution >= 4 is 29.2 Å². The van der Waals surface area contributed by atoms with Crippen molar-refractivity contribution in [2.24, 2.45) is 0 Å². The molecular weight excluding hydrogens is 440 g/mol. The molecule has 0 radical (unpaired) electrons. The van der Waals surface area contributed by atoms with E-state index in [9.17, 15) is 17.6 Å². The molecule has 12 heteroatoms. The summed E-state index contributed by atoms with van der Waals surface area (Å²) in [6, 6.07) is 3.88. The molecule has 2 aromatic rings. The van der Waals surface area contributed by atoms with E-state index in [4.69, 9.17) is 16.3 Å². The molecule has 0 atom stereocenters. The second kappa shape index (κ2) is 9.82. The zero-order valence-corrected chi connectivity index (χ0v) is 17.8. The van der Waals surface area contributed by atoms with Gasteiger partial charge in [-0.15, -0.1) is 0 Å². The summed E-state index contributed by atoms with van der Waals surface area (Å²) in [4.78, 5) is 14.4. The van der Waals surface area contributed by atoms with Gasteiger partial charge in [-0.25, -0.2) is 4.39 Å². The number of aromatic nitrogens is 3. The molecule has 0 spiro atoms. The number of benzene rings is 1. The molecule has 0 unspecified atom stereocenters. The van der Waals surface area contributed by atoms with Gasteiger partial charge in [-0.05, 0) is 44.9 Å². The molecule has 1 fully saturated rings. The van der Waals surface area contributed by atoms with Crippen molar-refractivity contribution in [2.45, 2.75) is 44.9 Å². The number of likely N-dealkylation sites (tertiary alicyclic amines) is 1. The zero-order valence-electron chi connectivity index (χ0n) is 17.0. The minimum atomic E-state index is -4.54. The van der Waals surface area contributed by atoms with Crippen LogP contribution in [0.3, 0.4) is 0 Å². The van der Waals surface area contributed by atoms with Crippen LogP contribution in [-0.2, 0) is 0 Å². The summed E-state index contributed by atoms with van der Waals surface area (Å²) < 4.78 is 55.8. The van der Waals surface area contributed by atoms with Gasteiger partial charge in [0.1, 0.15) is 5.82 Å². The van der Waals surface area contributed by atoms with Gasteiger partial charge in [0.05, 0.1) is 5.02 Å². The Balaban J connectivity index is 1.77. The van der Waals surface area contributed by atoms with Gasteiger partial charge in [-0.3, -0.25) is 0 Å². The lowest BCUT2D eigenvalue weighted by Crippen LogP contribution is -2.42. The van der Waals surface area contributed by atoms with Crippen LogP contribution in [0, 0.1) is 5.82 Å². The summed E-state index contributed by atoms with van der Waals surface area (Å²) in [6.45, 7) is 4.49. The van der Waals surface area contributed by atoms with Crippen molar-refractivity contribution in [3.8, 4) is 6.01 Å². The van der Waals surface area contributed by atoms with Crippen molar-refractivity contribution in [1.29, 1.82) is 0 Å². The molecule has 1 aromatic heterocycles. The number of anilines is 3. The summed E-state index contributed by atoms with van der Waals surface area (Å²) >= 11 is 5.77. The highest BCUT2D eigenvalue weighted by atomic mass is 35.5. The van der Waals surface area contributed by atoms with Crippen molar-refractivity contribution < 1.29 is 22.3 Å². The predicted molar refractivity (Wildman–Crippen MR) is 109 cm³/mol. The maximum Gasteiger partial charge on any atom is 0.422 e. The Morgan fingerprint density at radius 2 is 1.84 bits per heavy atom. The number of piperidine rings is 1. The van der Waals surface area contributed by atoms with E-state index in [1.54, 1.807) is 0 Å². The molecule has 2 N–H and O–H groups in total. The summed E-state index contributed by atoms with van der Waals surface area (Å²) in [5, 5.41) is 5.81. The molecular formula is C19H23ClF4N6O. The highest BCUT2D eigenvalue weighted by molar-refractivity contribution is 6.31. The van der Waals surface area contributed by atoms with Gasteiger partial charge in [0.15, 0.2) is 6.61 Å². The van der Waals surface area contributed by atoms with Gasteiger partial charge in [-0.1, -0.05) is 11.6 Å². The lowest BCUT2D eigenvalue weighted by atomic mass is 10.0. The first-order valence-corrected chi connectivity index (χ1v) is 10.1. The first-order chi connectivity index (χ1) is 14.6. The fourth-order valence-corrected chi connectivity index (χ4v) is 3.31. The van der Waals surface area contributed by atoms with Crippen LogP contribution in [0.15, 0.2) is 18.2 Å². The summed E-state index contributed by atoms with van der Waals surface area (Å²) in [7, 11) is 0. The third-order valence-electron chi connectivity index (χ3n) is 4.75. The molecule has 7 nitrogen and oxygen atoms in total. The molecule has 0 bridgehead atoms. The largest absolute Gasteiger partial charge is 0.454 e. The fraction of sp³-hybridized carbons (Fsp3) is 0.526. The molecule has 1 aliphatic rings. The van der Waals surface area contributed by atoms with E-state index in [1.807, 2.05) is 0 Å². The first-order valence-electron chi connectivity index (χ1n) is 9.77. The predicted octanol–water partition coefficient (Wildman–Crippen LogP) is 4.63. The number of nitrogens with one attached hydrogen (secondary N) is 2. The maximum absolute atomic E-state index is 13.4. The van der Waals surface area contributed by atoms with Crippen LogP contribution in [-0.4, -0.2) is 57.8 Å². The second-order valence-electron chi connectivity index (χ2n) is 7.47. The molecule has 2 heterocycles. The smallest absolute Gasteiger partial charge is 0.422 e. The number of alkyl halides is 3. The van der Waals surface area contributed by atoms with Crippen LogP contribution >= 0.6 is 11.6 Å². The Bertz CT molecular complexity index is 890. The molecule has 0 saturated carbocycles. The number of ether oxygens (including phenoxy) is 1. The summed E-state index contributed by atoms with van der Waals surface area (Å²) in [5.41, 5.74) is 0.357. The maximum atomic E-state index is 13.4. The lowest BCUT2D eigenvalue weighted by molar-refractivity contribution is -0.154. The van der Waals surface area contributed by atoms with Gasteiger partial charge in [-0.2, -0.15) is 28.1 Å². The van der Waals surface area contributed by atoms with Gasteiger partial charge >= 0.3 is 12.2 Å². The molecule has 1 saturated heterocycles. The Morgan fingerprint density at radius 3 is 2.45 bits per heavy atom. The molecule has 1 aromatic carbocycles. The van der Waals surface area contributed by atoms with E-state index in [0.717, 1.165) is 32.0 Å². The summed E-state index contributed by atoms with van der Waals surface area (Å²) in [5.74, 6) is -0.574. The number of hydrogen-bond acceptors (Lipinski definition) is 7. The number of hydrogen-bond donors (Lipinski definition) is 2. The van der Waals surface area contributed by atoms with E-state index < -0.39 is 24.6 Å². The van der Waals surface area contributed by atoms with Crippen LogP contribution in [0.1, 0.15) is 26.7 Å². The number of halogens is 5. The Morgan fingerprint density at radius 1 is 1.16 bits per heavy atom. The lowest BCUT2D eigenvalue weighted by Gasteiger charge is -2.34. The molecule has 3 rings (SSSR count). The second-order valence-corrected chi connectivity index (χ2v) is 7.88. The van der Waals surface area contributed by atoms with E-state index >= 15 is 0 Å². The van der Waals surface area contributed by atoms with E-state index in [0.29, 0.717) is 11.7 Å². The molecule has 170 valence electrons. The highest BCUT2D eigenvalue weighted by Crippen LogP contribution is 2.24. The molecule has 0 aliphatic carbocycles.